The van der Waals surface area contributed by atoms with Gasteiger partial charge in [-0.05, 0) is 41.5 Å². The van der Waals surface area contributed by atoms with Crippen molar-refractivity contribution in [1.82, 2.24) is 30.0 Å². The van der Waals surface area contributed by atoms with Gasteiger partial charge < -0.3 is 9.32 Å². The van der Waals surface area contributed by atoms with Crippen molar-refractivity contribution >= 4 is 5.91 Å². The lowest BCUT2D eigenvalue weighted by Gasteiger charge is -2.38. The predicted molar refractivity (Wildman–Crippen MR) is 110 cm³/mol. The van der Waals surface area contributed by atoms with Gasteiger partial charge in [0.25, 0.3) is 5.91 Å². The van der Waals surface area contributed by atoms with Crippen LogP contribution in [0, 0.1) is 5.82 Å². The Morgan fingerprint density at radius 2 is 1.84 bits per heavy atom. The molecule has 3 heterocycles. The molecular formula is C22H25FN6O2. The fourth-order valence-electron chi connectivity index (χ4n) is 4.72. The van der Waals surface area contributed by atoms with Crippen molar-refractivity contribution in [1.29, 1.82) is 0 Å². The molecule has 2 fully saturated rings. The number of amides is 1. The lowest BCUT2D eigenvalue weighted by molar-refractivity contribution is 0.0555. The van der Waals surface area contributed by atoms with Crippen LogP contribution in [-0.4, -0.2) is 62.1 Å². The summed E-state index contributed by atoms with van der Waals surface area (Å²) in [6.45, 7) is 2.22. The van der Waals surface area contributed by atoms with Crippen molar-refractivity contribution in [2.75, 3.05) is 26.2 Å². The fourth-order valence-corrected chi connectivity index (χ4v) is 4.72. The van der Waals surface area contributed by atoms with Crippen LogP contribution in [-0.2, 0) is 0 Å². The third kappa shape index (κ3) is 3.85. The number of hydrogen-bond donors (Lipinski definition) is 0. The zero-order valence-corrected chi connectivity index (χ0v) is 17.2. The van der Waals surface area contributed by atoms with Gasteiger partial charge in [0.2, 0.25) is 0 Å². The molecule has 1 atom stereocenters. The van der Waals surface area contributed by atoms with Crippen LogP contribution < -0.4 is 0 Å². The normalized spacial score (nSPS) is 19.1. The van der Waals surface area contributed by atoms with Crippen molar-refractivity contribution in [3.8, 4) is 0 Å². The van der Waals surface area contributed by atoms with Crippen LogP contribution >= 0.6 is 0 Å². The topological polar surface area (TPSA) is 80.3 Å². The summed E-state index contributed by atoms with van der Waals surface area (Å²) in [6, 6.07) is 10.0. The highest BCUT2D eigenvalue weighted by Gasteiger charge is 2.35. The van der Waals surface area contributed by atoms with Gasteiger partial charge in [-0.2, -0.15) is 0 Å². The second kappa shape index (κ2) is 8.58. The molecule has 1 aliphatic carbocycles. The first-order valence-electron chi connectivity index (χ1n) is 10.8. The molecule has 8 nitrogen and oxygen atoms in total. The largest absolute Gasteiger partial charge is 0.459 e. The Bertz CT molecular complexity index is 1020. The average molecular weight is 424 g/mol. The lowest BCUT2D eigenvalue weighted by Crippen LogP contribution is -2.50. The highest BCUT2D eigenvalue weighted by Crippen LogP contribution is 2.35. The number of halogens is 1. The highest BCUT2D eigenvalue weighted by molar-refractivity contribution is 5.91. The van der Waals surface area contributed by atoms with Crippen molar-refractivity contribution in [2.45, 2.75) is 37.8 Å². The van der Waals surface area contributed by atoms with Crippen LogP contribution in [0.2, 0.25) is 0 Å². The van der Waals surface area contributed by atoms with Gasteiger partial charge in [0.05, 0.1) is 12.3 Å². The molecule has 1 unspecified atom stereocenters. The maximum absolute atomic E-state index is 14.9. The summed E-state index contributed by atoms with van der Waals surface area (Å²) in [7, 11) is 0. The summed E-state index contributed by atoms with van der Waals surface area (Å²) in [4.78, 5) is 16.6. The van der Waals surface area contributed by atoms with E-state index in [1.54, 1.807) is 29.2 Å². The van der Waals surface area contributed by atoms with E-state index in [2.05, 4.69) is 20.4 Å². The minimum Gasteiger partial charge on any atom is -0.459 e. The number of aromatic nitrogens is 4. The molecule has 0 spiro atoms. The van der Waals surface area contributed by atoms with E-state index in [0.717, 1.165) is 25.7 Å². The van der Waals surface area contributed by atoms with Gasteiger partial charge in [0, 0.05) is 31.7 Å². The summed E-state index contributed by atoms with van der Waals surface area (Å²) >= 11 is 0. The summed E-state index contributed by atoms with van der Waals surface area (Å²) in [5.74, 6) is 0.609. The third-order valence-electron chi connectivity index (χ3n) is 6.33. The van der Waals surface area contributed by atoms with Crippen LogP contribution in [0.25, 0.3) is 0 Å². The Kier molecular flexibility index (Phi) is 5.50. The number of benzene rings is 1. The standard InChI is InChI=1S/C22H25FN6O2/c23-18-9-4-3-8-17(18)20(21-24-25-26-29(21)16-6-1-2-7-16)27-11-13-28(14-12-27)22(30)19-10-5-15-31-19/h3-5,8-10,15-16,20H,1-2,6-7,11-14H2. The summed E-state index contributed by atoms with van der Waals surface area (Å²) in [5.41, 5.74) is 0.558. The zero-order valence-electron chi connectivity index (χ0n) is 17.2. The molecule has 0 N–H and O–H groups in total. The van der Waals surface area contributed by atoms with Gasteiger partial charge in [0.15, 0.2) is 11.6 Å². The van der Waals surface area contributed by atoms with Crippen molar-refractivity contribution in [3.05, 3.63) is 65.6 Å². The van der Waals surface area contributed by atoms with Crippen molar-refractivity contribution < 1.29 is 13.6 Å². The van der Waals surface area contributed by atoms with E-state index in [4.69, 9.17) is 4.42 Å². The minimum absolute atomic E-state index is 0.122. The van der Waals surface area contributed by atoms with Crippen LogP contribution in [0.4, 0.5) is 4.39 Å². The second-order valence-corrected chi connectivity index (χ2v) is 8.15. The van der Waals surface area contributed by atoms with Gasteiger partial charge in [-0.1, -0.05) is 31.0 Å². The molecule has 1 saturated heterocycles. The van der Waals surface area contributed by atoms with E-state index in [1.165, 1.54) is 12.3 Å². The van der Waals surface area contributed by atoms with Gasteiger partial charge in [-0.3, -0.25) is 9.69 Å². The lowest BCUT2D eigenvalue weighted by atomic mass is 10.0. The van der Waals surface area contributed by atoms with Crippen molar-refractivity contribution in [3.63, 3.8) is 0 Å². The van der Waals surface area contributed by atoms with E-state index >= 15 is 0 Å². The smallest absolute Gasteiger partial charge is 0.289 e. The molecule has 31 heavy (non-hydrogen) atoms. The summed E-state index contributed by atoms with van der Waals surface area (Å²) < 4.78 is 22.1. The first-order valence-corrected chi connectivity index (χ1v) is 10.8. The predicted octanol–water partition coefficient (Wildman–Crippen LogP) is 3.07. The number of rotatable bonds is 5. The Morgan fingerprint density at radius 3 is 2.55 bits per heavy atom. The number of piperazine rings is 1. The molecule has 2 aliphatic rings. The molecule has 162 valence electrons. The zero-order chi connectivity index (χ0) is 21.2. The van der Waals surface area contributed by atoms with Crippen molar-refractivity contribution in [2.24, 2.45) is 0 Å². The Balaban J connectivity index is 1.42. The van der Waals surface area contributed by atoms with E-state index in [1.807, 2.05) is 10.7 Å². The van der Waals surface area contributed by atoms with Crippen LogP contribution in [0.3, 0.4) is 0 Å². The Morgan fingerprint density at radius 1 is 1.06 bits per heavy atom. The molecule has 1 saturated carbocycles. The maximum Gasteiger partial charge on any atom is 0.289 e. The quantitative estimate of drug-likeness (QED) is 0.626. The number of hydrogen-bond acceptors (Lipinski definition) is 6. The molecular weight excluding hydrogens is 399 g/mol. The first kappa shape index (κ1) is 19.9. The third-order valence-corrected chi connectivity index (χ3v) is 6.33. The molecule has 1 amide bonds. The average Bonchev–Trinajstić information content (AvgIpc) is 3.57. The van der Waals surface area contributed by atoms with E-state index in [9.17, 15) is 9.18 Å². The van der Waals surface area contributed by atoms with E-state index < -0.39 is 6.04 Å². The second-order valence-electron chi connectivity index (χ2n) is 8.15. The number of furan rings is 1. The molecule has 5 rings (SSSR count). The molecule has 2 aromatic heterocycles. The maximum atomic E-state index is 14.9. The van der Waals surface area contributed by atoms with Gasteiger partial charge in [-0.15, -0.1) is 5.10 Å². The van der Waals surface area contributed by atoms with Crippen LogP contribution in [0.15, 0.2) is 47.1 Å². The Hall–Kier alpha value is -3.07. The molecule has 0 bridgehead atoms. The monoisotopic (exact) mass is 424 g/mol. The van der Waals surface area contributed by atoms with Crippen LogP contribution in [0.5, 0.6) is 0 Å². The van der Waals surface area contributed by atoms with E-state index in [0.29, 0.717) is 43.3 Å². The van der Waals surface area contributed by atoms with Crippen LogP contribution in [0.1, 0.15) is 59.7 Å². The van der Waals surface area contributed by atoms with Gasteiger partial charge in [-0.25, -0.2) is 9.07 Å². The van der Waals surface area contributed by atoms with Gasteiger partial charge >= 0.3 is 0 Å². The summed E-state index contributed by atoms with van der Waals surface area (Å²) in [6.07, 6.45) is 5.88. The van der Waals surface area contributed by atoms with Gasteiger partial charge in [0.1, 0.15) is 11.9 Å². The number of nitrogens with zero attached hydrogens (tertiary/aromatic N) is 6. The summed E-state index contributed by atoms with van der Waals surface area (Å²) in [5, 5.41) is 12.6. The Labute approximate surface area is 179 Å². The van der Waals surface area contributed by atoms with E-state index in [-0.39, 0.29) is 17.8 Å². The SMILES string of the molecule is O=C(c1ccco1)N1CCN(C(c2ccccc2F)c2nnnn2C2CCCC2)CC1. The molecule has 3 aromatic rings. The number of carbonyl (C=O) groups excluding carboxylic acids is 1. The molecule has 0 radical (unpaired) electrons. The number of carbonyl (C=O) groups is 1. The molecule has 1 aliphatic heterocycles. The molecule has 9 heteroatoms. The molecule has 1 aromatic carbocycles. The minimum atomic E-state index is -0.405. The number of tetrazole rings is 1. The highest BCUT2D eigenvalue weighted by atomic mass is 19.1. The fraction of sp³-hybridized carbons (Fsp3) is 0.455. The first-order chi connectivity index (χ1) is 15.2.